The zero-order valence-corrected chi connectivity index (χ0v) is 20.1. The van der Waals surface area contributed by atoms with Gasteiger partial charge in [-0.2, -0.15) is 0 Å². The first-order valence-electron chi connectivity index (χ1n) is 10.3. The first-order valence-corrected chi connectivity index (χ1v) is 11.9. The summed E-state index contributed by atoms with van der Waals surface area (Å²) in [5.41, 5.74) is 11.1. The third kappa shape index (κ3) is 4.34. The zero-order chi connectivity index (χ0) is 20.7. The minimum Gasteiger partial charge on any atom is -0.323 e. The van der Waals surface area contributed by atoms with E-state index in [1.807, 2.05) is 12.3 Å². The van der Waals surface area contributed by atoms with E-state index >= 15 is 0 Å². The lowest BCUT2D eigenvalue weighted by Crippen LogP contribution is -2.35. The Kier molecular flexibility index (Phi) is 6.85. The van der Waals surface area contributed by atoms with Crippen molar-refractivity contribution in [1.29, 1.82) is 0 Å². The summed E-state index contributed by atoms with van der Waals surface area (Å²) in [6.45, 7) is 0. The van der Waals surface area contributed by atoms with Gasteiger partial charge in [-0.15, -0.1) is 12.4 Å². The Morgan fingerprint density at radius 1 is 1.00 bits per heavy atom. The maximum atomic E-state index is 6.72. The van der Waals surface area contributed by atoms with Gasteiger partial charge in [-0.05, 0) is 72.3 Å². The van der Waals surface area contributed by atoms with E-state index in [0.29, 0.717) is 16.1 Å². The number of fused-ring (bicyclic) bond motifs is 1. The smallest absolute Gasteiger partial charge is 0.148 e. The minimum atomic E-state index is 0. The quantitative estimate of drug-likeness (QED) is 0.391. The van der Waals surface area contributed by atoms with Crippen molar-refractivity contribution in [2.24, 2.45) is 11.1 Å². The van der Waals surface area contributed by atoms with Gasteiger partial charge in [0.05, 0.1) is 5.02 Å². The molecular weight excluding hydrogens is 469 g/mol. The Morgan fingerprint density at radius 2 is 1.77 bits per heavy atom. The summed E-state index contributed by atoms with van der Waals surface area (Å²) >= 11 is 13.8. The largest absolute Gasteiger partial charge is 0.323 e. The lowest BCUT2D eigenvalue weighted by Gasteiger charge is -2.40. The van der Waals surface area contributed by atoms with E-state index in [4.69, 9.17) is 28.9 Å². The SMILES string of the molecule is Cl.N[C@@H]1c2ccccc2CC12CCC(c1ccc(Sc3ccnc(Cl)c3Cl)nc1)CC2. The number of benzene rings is 1. The fourth-order valence-corrected chi connectivity index (χ4v) is 6.34. The molecule has 0 saturated heterocycles. The van der Waals surface area contributed by atoms with E-state index in [-0.39, 0.29) is 23.9 Å². The monoisotopic (exact) mass is 491 g/mol. The molecule has 3 nitrogen and oxygen atoms in total. The number of hydrogen-bond donors (Lipinski definition) is 1. The summed E-state index contributed by atoms with van der Waals surface area (Å²) in [4.78, 5) is 9.54. The molecule has 2 aromatic heterocycles. The van der Waals surface area contributed by atoms with Gasteiger partial charge in [0.15, 0.2) is 0 Å². The lowest BCUT2D eigenvalue weighted by atomic mass is 9.66. The molecule has 1 atom stereocenters. The average Bonchev–Trinajstić information content (AvgIpc) is 3.04. The molecule has 7 heteroatoms. The van der Waals surface area contributed by atoms with Gasteiger partial charge < -0.3 is 5.73 Å². The molecule has 1 saturated carbocycles. The van der Waals surface area contributed by atoms with Gasteiger partial charge in [0.2, 0.25) is 0 Å². The highest BCUT2D eigenvalue weighted by Gasteiger charge is 2.46. The van der Waals surface area contributed by atoms with Crippen LogP contribution in [0.25, 0.3) is 0 Å². The third-order valence-corrected chi connectivity index (χ3v) is 8.72. The molecule has 0 radical (unpaired) electrons. The van der Waals surface area contributed by atoms with Gasteiger partial charge in [-0.1, -0.05) is 65.3 Å². The molecule has 1 spiro atoms. The summed E-state index contributed by atoms with van der Waals surface area (Å²) in [6.07, 6.45) is 9.49. The van der Waals surface area contributed by atoms with Crippen LogP contribution in [0.4, 0.5) is 0 Å². The number of nitrogens with zero attached hydrogens (tertiary/aromatic N) is 2. The van der Waals surface area contributed by atoms with Crippen molar-refractivity contribution in [1.82, 2.24) is 9.97 Å². The van der Waals surface area contributed by atoms with Crippen molar-refractivity contribution >= 4 is 47.4 Å². The third-order valence-electron chi connectivity index (χ3n) is 6.83. The molecule has 2 aliphatic carbocycles. The summed E-state index contributed by atoms with van der Waals surface area (Å²) in [5.74, 6) is 0.553. The highest BCUT2D eigenvalue weighted by Crippen LogP contribution is 2.55. The maximum Gasteiger partial charge on any atom is 0.148 e. The van der Waals surface area contributed by atoms with Gasteiger partial charge in [-0.3, -0.25) is 0 Å². The van der Waals surface area contributed by atoms with Gasteiger partial charge in [0.1, 0.15) is 10.2 Å². The van der Waals surface area contributed by atoms with Gasteiger partial charge in [0.25, 0.3) is 0 Å². The van der Waals surface area contributed by atoms with Crippen LogP contribution in [0, 0.1) is 5.41 Å². The van der Waals surface area contributed by atoms with E-state index in [9.17, 15) is 0 Å². The number of halogens is 3. The predicted octanol–water partition coefficient (Wildman–Crippen LogP) is 7.26. The van der Waals surface area contributed by atoms with Crippen LogP contribution < -0.4 is 5.73 Å². The van der Waals surface area contributed by atoms with Crippen molar-refractivity contribution in [3.63, 3.8) is 0 Å². The van der Waals surface area contributed by atoms with Crippen LogP contribution in [0.5, 0.6) is 0 Å². The summed E-state index contributed by atoms with van der Waals surface area (Å²) in [7, 11) is 0. The highest BCUT2D eigenvalue weighted by atomic mass is 35.5. The molecule has 0 unspecified atom stereocenters. The molecule has 31 heavy (non-hydrogen) atoms. The van der Waals surface area contributed by atoms with Crippen molar-refractivity contribution < 1.29 is 0 Å². The van der Waals surface area contributed by atoms with Crippen molar-refractivity contribution in [2.75, 3.05) is 0 Å². The van der Waals surface area contributed by atoms with Crippen molar-refractivity contribution in [3.05, 3.63) is 81.7 Å². The summed E-state index contributed by atoms with van der Waals surface area (Å²) < 4.78 is 0. The second-order valence-electron chi connectivity index (χ2n) is 8.44. The number of aromatic nitrogens is 2. The Labute approximate surface area is 203 Å². The Morgan fingerprint density at radius 3 is 2.48 bits per heavy atom. The topological polar surface area (TPSA) is 51.8 Å². The molecule has 2 heterocycles. The molecule has 2 N–H and O–H groups in total. The molecule has 162 valence electrons. The van der Waals surface area contributed by atoms with Crippen LogP contribution in [0.15, 0.2) is 64.8 Å². The number of pyridine rings is 2. The van der Waals surface area contributed by atoms with E-state index in [1.165, 1.54) is 54.1 Å². The molecular formula is C24H24Cl3N3S. The second-order valence-corrected chi connectivity index (χ2v) is 10.2. The fraction of sp³-hybridized carbons (Fsp3) is 0.333. The normalized spacial score (nSPS) is 24.6. The molecule has 1 fully saturated rings. The fourth-order valence-electron chi connectivity index (χ4n) is 5.12. The van der Waals surface area contributed by atoms with Crippen LogP contribution in [-0.4, -0.2) is 9.97 Å². The van der Waals surface area contributed by atoms with Crippen molar-refractivity contribution in [3.8, 4) is 0 Å². The van der Waals surface area contributed by atoms with Crippen LogP contribution in [-0.2, 0) is 6.42 Å². The second kappa shape index (κ2) is 9.29. The highest BCUT2D eigenvalue weighted by molar-refractivity contribution is 7.99. The van der Waals surface area contributed by atoms with Crippen molar-refractivity contribution in [2.45, 2.75) is 54.0 Å². The molecule has 2 aliphatic rings. The molecule has 5 rings (SSSR count). The standard InChI is InChI=1S/C24H23Cl2N3S.ClH/c25-21-19(9-12-28-23(21)26)30-20-6-5-17(14-29-20)15-7-10-24(11-8-15)13-16-3-1-2-4-18(16)22(24)27;/h1-6,9,12,14-15,22H,7-8,10-11,13,27H2;1H/t15?,22-,24?;/m1./s1. The van der Waals surface area contributed by atoms with Crippen LogP contribution in [0.2, 0.25) is 10.2 Å². The molecule has 0 amide bonds. The van der Waals surface area contributed by atoms with E-state index in [2.05, 4.69) is 46.4 Å². The summed E-state index contributed by atoms with van der Waals surface area (Å²) in [5, 5.41) is 1.70. The number of hydrogen-bond acceptors (Lipinski definition) is 4. The van der Waals surface area contributed by atoms with Gasteiger partial charge in [0, 0.05) is 23.3 Å². The van der Waals surface area contributed by atoms with Crippen LogP contribution in [0.1, 0.15) is 54.3 Å². The molecule has 3 aromatic rings. The van der Waals surface area contributed by atoms with Gasteiger partial charge >= 0.3 is 0 Å². The van der Waals surface area contributed by atoms with E-state index in [0.717, 1.165) is 16.3 Å². The summed E-state index contributed by atoms with van der Waals surface area (Å²) in [6, 6.07) is 15.0. The Balaban J connectivity index is 0.00000231. The first-order chi connectivity index (χ1) is 14.6. The zero-order valence-electron chi connectivity index (χ0n) is 16.9. The van der Waals surface area contributed by atoms with E-state index < -0.39 is 0 Å². The number of rotatable bonds is 3. The Bertz CT molecular complexity index is 1070. The van der Waals surface area contributed by atoms with E-state index in [1.54, 1.807) is 6.20 Å². The first kappa shape index (κ1) is 22.9. The molecule has 0 bridgehead atoms. The van der Waals surface area contributed by atoms with Crippen LogP contribution in [0.3, 0.4) is 0 Å². The minimum absolute atomic E-state index is 0. The number of nitrogens with two attached hydrogens (primary N) is 1. The Hall–Kier alpha value is -1.30. The lowest BCUT2D eigenvalue weighted by molar-refractivity contribution is 0.149. The molecule has 1 aromatic carbocycles. The average molecular weight is 493 g/mol. The maximum absolute atomic E-state index is 6.72. The molecule has 0 aliphatic heterocycles. The predicted molar refractivity (Wildman–Crippen MR) is 131 cm³/mol. The van der Waals surface area contributed by atoms with Gasteiger partial charge in [-0.25, -0.2) is 9.97 Å². The van der Waals surface area contributed by atoms with Crippen LogP contribution >= 0.6 is 47.4 Å².